The summed E-state index contributed by atoms with van der Waals surface area (Å²) < 4.78 is 6.35. The number of rotatable bonds is 3. The molecule has 126 valence electrons. The van der Waals surface area contributed by atoms with Crippen molar-refractivity contribution in [3.63, 3.8) is 0 Å². The Bertz CT molecular complexity index is 777. The smallest absolute Gasteiger partial charge is 0.274 e. The average Bonchev–Trinajstić information content (AvgIpc) is 2.63. The molecule has 2 aromatic rings. The Balaban J connectivity index is 1.64. The number of hydrogen-bond donors (Lipinski definition) is 0. The third-order valence-corrected chi connectivity index (χ3v) is 4.18. The van der Waals surface area contributed by atoms with E-state index in [9.17, 15) is 9.59 Å². The molecule has 0 N–H and O–H groups in total. The molecule has 0 bridgehead atoms. The molecule has 7 nitrogen and oxygen atoms in total. The average molecular weight is 328 g/mol. The number of aryl methyl sites for hydroxylation is 1. The number of amides is 1. The molecule has 3 rings (SSSR count). The van der Waals surface area contributed by atoms with Gasteiger partial charge in [0.15, 0.2) is 0 Å². The fourth-order valence-corrected chi connectivity index (χ4v) is 2.74. The van der Waals surface area contributed by atoms with Crippen LogP contribution in [0.2, 0.25) is 0 Å². The van der Waals surface area contributed by atoms with Crippen molar-refractivity contribution in [3.8, 4) is 5.75 Å². The van der Waals surface area contributed by atoms with Crippen molar-refractivity contribution < 1.29 is 9.53 Å². The zero-order valence-corrected chi connectivity index (χ0v) is 13.8. The van der Waals surface area contributed by atoms with Crippen LogP contribution in [0.25, 0.3) is 0 Å². The number of aromatic nitrogens is 2. The lowest BCUT2D eigenvalue weighted by Crippen LogP contribution is -2.49. The van der Waals surface area contributed by atoms with E-state index in [1.54, 1.807) is 19.1 Å². The van der Waals surface area contributed by atoms with Gasteiger partial charge in [-0.1, -0.05) is 0 Å². The summed E-state index contributed by atoms with van der Waals surface area (Å²) in [6, 6.07) is 10.8. The zero-order valence-electron chi connectivity index (χ0n) is 13.8. The number of anilines is 1. The van der Waals surface area contributed by atoms with Gasteiger partial charge in [0.05, 0.1) is 7.11 Å². The highest BCUT2D eigenvalue weighted by atomic mass is 16.5. The monoisotopic (exact) mass is 328 g/mol. The summed E-state index contributed by atoms with van der Waals surface area (Å²) >= 11 is 0. The minimum atomic E-state index is -0.226. The number of carbonyl (C=O) groups is 1. The van der Waals surface area contributed by atoms with Gasteiger partial charge in [0, 0.05) is 45.0 Å². The molecule has 0 atom stereocenters. The molecule has 1 aliphatic rings. The number of piperazine rings is 1. The molecule has 0 radical (unpaired) electrons. The molecule has 0 aliphatic carbocycles. The van der Waals surface area contributed by atoms with E-state index in [4.69, 9.17) is 4.74 Å². The highest BCUT2D eigenvalue weighted by Crippen LogP contribution is 2.20. The maximum absolute atomic E-state index is 12.5. The Morgan fingerprint density at radius 3 is 2.29 bits per heavy atom. The van der Waals surface area contributed by atoms with Crippen molar-refractivity contribution in [2.75, 3.05) is 38.2 Å². The summed E-state index contributed by atoms with van der Waals surface area (Å²) in [6.07, 6.45) is 0. The quantitative estimate of drug-likeness (QED) is 0.832. The Hall–Kier alpha value is -2.83. The highest BCUT2D eigenvalue weighted by Gasteiger charge is 2.23. The highest BCUT2D eigenvalue weighted by molar-refractivity contribution is 5.92. The van der Waals surface area contributed by atoms with E-state index < -0.39 is 0 Å². The maximum Gasteiger partial charge on any atom is 0.274 e. The van der Waals surface area contributed by atoms with Gasteiger partial charge in [-0.05, 0) is 30.3 Å². The summed E-state index contributed by atoms with van der Waals surface area (Å²) in [7, 11) is 3.19. The van der Waals surface area contributed by atoms with Crippen LogP contribution in [0.5, 0.6) is 5.75 Å². The Kier molecular flexibility index (Phi) is 4.50. The number of carbonyl (C=O) groups excluding carboxylic acids is 1. The standard InChI is InChI=1S/C17H20N4O3/c1-19-16(22)8-7-15(18-19)17(23)21-11-9-20(10-12-21)13-3-5-14(24-2)6-4-13/h3-8H,9-12H2,1-2H3. The van der Waals surface area contributed by atoms with Crippen LogP contribution in [0.4, 0.5) is 5.69 Å². The summed E-state index contributed by atoms with van der Waals surface area (Å²) in [5, 5.41) is 4.03. The Labute approximate surface area is 140 Å². The number of benzene rings is 1. The number of ether oxygens (including phenoxy) is 1. The fourth-order valence-electron chi connectivity index (χ4n) is 2.74. The van der Waals surface area contributed by atoms with Gasteiger partial charge in [-0.2, -0.15) is 5.10 Å². The minimum absolute atomic E-state index is 0.139. The summed E-state index contributed by atoms with van der Waals surface area (Å²) in [6.45, 7) is 2.75. The number of nitrogens with zero attached hydrogens (tertiary/aromatic N) is 4. The predicted molar refractivity (Wildman–Crippen MR) is 90.6 cm³/mol. The van der Waals surface area contributed by atoms with Gasteiger partial charge in [0.2, 0.25) is 0 Å². The maximum atomic E-state index is 12.5. The van der Waals surface area contributed by atoms with Crippen molar-refractivity contribution in [2.24, 2.45) is 7.05 Å². The molecule has 1 aromatic heterocycles. The molecule has 0 saturated carbocycles. The van der Waals surface area contributed by atoms with Crippen LogP contribution in [0.15, 0.2) is 41.2 Å². The van der Waals surface area contributed by atoms with Crippen LogP contribution in [-0.4, -0.2) is 53.9 Å². The first kappa shape index (κ1) is 16.0. The molecule has 1 saturated heterocycles. The van der Waals surface area contributed by atoms with E-state index in [0.29, 0.717) is 18.8 Å². The van der Waals surface area contributed by atoms with E-state index in [1.165, 1.54) is 16.8 Å². The van der Waals surface area contributed by atoms with E-state index in [-0.39, 0.29) is 11.5 Å². The van der Waals surface area contributed by atoms with Crippen molar-refractivity contribution in [1.29, 1.82) is 0 Å². The predicted octanol–water partition coefficient (Wildman–Crippen LogP) is 0.751. The van der Waals surface area contributed by atoms with Crippen LogP contribution in [0, 0.1) is 0 Å². The molecule has 0 spiro atoms. The van der Waals surface area contributed by atoms with Gasteiger partial charge in [-0.15, -0.1) is 0 Å². The van der Waals surface area contributed by atoms with Crippen LogP contribution in [-0.2, 0) is 7.05 Å². The molecule has 2 heterocycles. The first-order chi connectivity index (χ1) is 11.6. The van der Waals surface area contributed by atoms with Gasteiger partial charge in [0.1, 0.15) is 11.4 Å². The molecule has 1 fully saturated rings. The van der Waals surface area contributed by atoms with Gasteiger partial charge >= 0.3 is 0 Å². The molecule has 1 amide bonds. The summed E-state index contributed by atoms with van der Waals surface area (Å²) in [4.78, 5) is 27.9. The molecule has 24 heavy (non-hydrogen) atoms. The summed E-state index contributed by atoms with van der Waals surface area (Å²) in [5.41, 5.74) is 1.19. The molecule has 1 aromatic carbocycles. The summed E-state index contributed by atoms with van der Waals surface area (Å²) in [5.74, 6) is 0.688. The largest absolute Gasteiger partial charge is 0.497 e. The van der Waals surface area contributed by atoms with E-state index in [2.05, 4.69) is 10.00 Å². The molecular weight excluding hydrogens is 308 g/mol. The molecule has 0 unspecified atom stereocenters. The van der Waals surface area contributed by atoms with E-state index in [1.807, 2.05) is 24.3 Å². The Morgan fingerprint density at radius 1 is 1.04 bits per heavy atom. The lowest BCUT2D eigenvalue weighted by molar-refractivity contribution is 0.0738. The van der Waals surface area contributed by atoms with Gasteiger partial charge < -0.3 is 14.5 Å². The molecule has 7 heteroatoms. The second-order valence-corrected chi connectivity index (χ2v) is 5.66. The second-order valence-electron chi connectivity index (χ2n) is 5.66. The van der Waals surface area contributed by atoms with Crippen molar-refractivity contribution in [1.82, 2.24) is 14.7 Å². The SMILES string of the molecule is COc1ccc(N2CCN(C(=O)c3ccc(=O)n(C)n3)CC2)cc1. The van der Waals surface area contributed by atoms with E-state index >= 15 is 0 Å². The first-order valence-electron chi connectivity index (χ1n) is 7.81. The first-order valence-corrected chi connectivity index (χ1v) is 7.81. The minimum Gasteiger partial charge on any atom is -0.497 e. The van der Waals surface area contributed by atoms with Crippen molar-refractivity contribution >= 4 is 11.6 Å². The lowest BCUT2D eigenvalue weighted by atomic mass is 10.2. The molecule has 1 aliphatic heterocycles. The lowest BCUT2D eigenvalue weighted by Gasteiger charge is -2.36. The zero-order chi connectivity index (χ0) is 17.1. The third kappa shape index (κ3) is 3.24. The Morgan fingerprint density at radius 2 is 1.71 bits per heavy atom. The van der Waals surface area contributed by atoms with Crippen LogP contribution < -0.4 is 15.2 Å². The molecular formula is C17H20N4O3. The van der Waals surface area contributed by atoms with Gasteiger partial charge in [-0.25, -0.2) is 4.68 Å². The van der Waals surface area contributed by atoms with Gasteiger partial charge in [-0.3, -0.25) is 9.59 Å². The van der Waals surface area contributed by atoms with E-state index in [0.717, 1.165) is 24.5 Å². The van der Waals surface area contributed by atoms with Crippen LogP contribution in [0.1, 0.15) is 10.5 Å². The second kappa shape index (κ2) is 6.74. The fraction of sp³-hybridized carbons (Fsp3) is 0.353. The van der Waals surface area contributed by atoms with Gasteiger partial charge in [0.25, 0.3) is 11.5 Å². The number of methoxy groups -OCH3 is 1. The topological polar surface area (TPSA) is 67.7 Å². The van der Waals surface area contributed by atoms with Crippen LogP contribution in [0.3, 0.4) is 0 Å². The normalized spacial score (nSPS) is 14.6. The third-order valence-electron chi connectivity index (χ3n) is 4.18. The van der Waals surface area contributed by atoms with Crippen molar-refractivity contribution in [2.45, 2.75) is 0 Å². The van der Waals surface area contributed by atoms with Crippen LogP contribution >= 0.6 is 0 Å². The number of hydrogen-bond acceptors (Lipinski definition) is 5. The van der Waals surface area contributed by atoms with Crippen molar-refractivity contribution in [3.05, 3.63) is 52.4 Å².